The van der Waals surface area contributed by atoms with Gasteiger partial charge in [-0.15, -0.1) is 0 Å². The van der Waals surface area contributed by atoms with Gasteiger partial charge in [-0.2, -0.15) is 13.2 Å². The number of halogens is 3. The lowest BCUT2D eigenvalue weighted by atomic mass is 9.86. The molecule has 0 aliphatic rings. The molecule has 2 atom stereocenters. The maximum atomic E-state index is 11.8. The van der Waals surface area contributed by atoms with Crippen molar-refractivity contribution in [1.82, 2.24) is 0 Å². The normalized spacial score (nSPS) is 18.6. The Hall–Kier alpha value is -0.330. The highest BCUT2D eigenvalue weighted by molar-refractivity contribution is 4.75. The Kier molecular flexibility index (Phi) is 5.55. The number of alkyl halides is 3. The fourth-order valence-electron chi connectivity index (χ4n) is 1.30. The van der Waals surface area contributed by atoms with Gasteiger partial charge in [0.05, 0.1) is 19.3 Å². The fourth-order valence-corrected chi connectivity index (χ4v) is 1.30. The zero-order valence-corrected chi connectivity index (χ0v) is 8.84. The van der Waals surface area contributed by atoms with Crippen LogP contribution in [-0.4, -0.2) is 42.3 Å². The molecule has 0 radical (unpaired) electrons. The Labute approximate surface area is 86.9 Å². The first kappa shape index (κ1) is 14.7. The van der Waals surface area contributed by atoms with Crippen LogP contribution in [0.1, 0.15) is 20.3 Å². The van der Waals surface area contributed by atoms with E-state index in [0.717, 1.165) is 0 Å². The summed E-state index contributed by atoms with van der Waals surface area (Å²) in [5.74, 6) is 0. The number of hydrogen-bond acceptors (Lipinski definition) is 3. The fraction of sp³-hybridized carbons (Fsp3) is 1.00. The Balaban J connectivity index is 3.99. The van der Waals surface area contributed by atoms with E-state index in [1.54, 1.807) is 6.92 Å². The van der Waals surface area contributed by atoms with E-state index in [1.807, 2.05) is 0 Å². The third-order valence-electron chi connectivity index (χ3n) is 1.89. The summed E-state index contributed by atoms with van der Waals surface area (Å²) in [6, 6.07) is 0. The summed E-state index contributed by atoms with van der Waals surface area (Å²) >= 11 is 0. The zero-order chi connectivity index (χ0) is 12.1. The van der Waals surface area contributed by atoms with Gasteiger partial charge < -0.3 is 14.9 Å². The van der Waals surface area contributed by atoms with Gasteiger partial charge in [-0.25, -0.2) is 0 Å². The van der Waals surface area contributed by atoms with Gasteiger partial charge in [0.15, 0.2) is 0 Å². The molecule has 2 N–H and O–H groups in total. The first-order valence-corrected chi connectivity index (χ1v) is 4.62. The van der Waals surface area contributed by atoms with E-state index in [0.29, 0.717) is 0 Å². The molecule has 0 spiro atoms. The first-order chi connectivity index (χ1) is 6.68. The van der Waals surface area contributed by atoms with E-state index in [9.17, 15) is 13.2 Å². The lowest BCUT2D eigenvalue weighted by Crippen LogP contribution is -2.33. The molecule has 0 rings (SSSR count). The largest absolute Gasteiger partial charge is 0.411 e. The molecule has 0 aromatic heterocycles. The molecule has 0 heterocycles. The van der Waals surface area contributed by atoms with Gasteiger partial charge in [-0.1, -0.05) is 6.92 Å². The second kappa shape index (κ2) is 5.67. The minimum atomic E-state index is -4.36. The van der Waals surface area contributed by atoms with E-state index in [1.165, 1.54) is 6.92 Å². The summed E-state index contributed by atoms with van der Waals surface area (Å²) in [5, 5.41) is 18.1. The summed E-state index contributed by atoms with van der Waals surface area (Å²) in [6.07, 6.45) is -4.85. The van der Waals surface area contributed by atoms with E-state index < -0.39 is 24.3 Å². The van der Waals surface area contributed by atoms with Crippen LogP contribution in [0.2, 0.25) is 0 Å². The average molecular weight is 230 g/mol. The SMILES string of the molecule is CC(O)CC(C)(CO)COCC(F)(F)F. The van der Waals surface area contributed by atoms with Gasteiger partial charge in [0.25, 0.3) is 0 Å². The predicted octanol–water partition coefficient (Wildman–Crippen LogP) is 1.33. The second-order valence-electron chi connectivity index (χ2n) is 4.13. The van der Waals surface area contributed by atoms with Crippen LogP contribution in [0, 0.1) is 5.41 Å². The summed E-state index contributed by atoms with van der Waals surface area (Å²) in [5.41, 5.74) is -0.834. The quantitative estimate of drug-likeness (QED) is 0.723. The smallest absolute Gasteiger partial charge is 0.396 e. The monoisotopic (exact) mass is 230 g/mol. The van der Waals surface area contributed by atoms with Crippen LogP contribution in [0.3, 0.4) is 0 Å². The van der Waals surface area contributed by atoms with Crippen molar-refractivity contribution in [3.05, 3.63) is 0 Å². The van der Waals surface area contributed by atoms with Crippen LogP contribution in [0.5, 0.6) is 0 Å². The molecule has 0 fully saturated rings. The van der Waals surface area contributed by atoms with Gasteiger partial charge in [-0.3, -0.25) is 0 Å². The summed E-state index contributed by atoms with van der Waals surface area (Å²) in [7, 11) is 0. The van der Waals surface area contributed by atoms with Crippen LogP contribution in [0.15, 0.2) is 0 Å². The minimum Gasteiger partial charge on any atom is -0.396 e. The molecular formula is C9H17F3O3. The van der Waals surface area contributed by atoms with Crippen molar-refractivity contribution < 1.29 is 28.1 Å². The first-order valence-electron chi connectivity index (χ1n) is 4.62. The van der Waals surface area contributed by atoms with Crippen molar-refractivity contribution in [2.75, 3.05) is 19.8 Å². The third kappa shape index (κ3) is 7.58. The third-order valence-corrected chi connectivity index (χ3v) is 1.89. The molecular weight excluding hydrogens is 213 g/mol. The number of ether oxygens (including phenoxy) is 1. The minimum absolute atomic E-state index is 0.196. The number of aliphatic hydroxyl groups is 2. The molecule has 0 amide bonds. The van der Waals surface area contributed by atoms with E-state index in [-0.39, 0.29) is 19.6 Å². The number of rotatable bonds is 6. The molecule has 0 saturated heterocycles. The highest BCUT2D eigenvalue weighted by atomic mass is 19.4. The molecule has 0 aromatic carbocycles. The van der Waals surface area contributed by atoms with Crippen molar-refractivity contribution in [2.24, 2.45) is 5.41 Å². The van der Waals surface area contributed by atoms with Crippen molar-refractivity contribution in [2.45, 2.75) is 32.5 Å². The van der Waals surface area contributed by atoms with E-state index >= 15 is 0 Å². The number of hydrogen-bond donors (Lipinski definition) is 2. The molecule has 6 heteroatoms. The maximum absolute atomic E-state index is 11.8. The standard InChI is InChI=1S/C9H17F3O3/c1-7(14)3-8(2,4-13)5-15-6-9(10,11)12/h7,13-14H,3-6H2,1-2H3. The lowest BCUT2D eigenvalue weighted by molar-refractivity contribution is -0.182. The molecule has 3 nitrogen and oxygen atoms in total. The Morgan fingerprint density at radius 1 is 1.27 bits per heavy atom. The van der Waals surface area contributed by atoms with E-state index in [2.05, 4.69) is 4.74 Å². The molecule has 92 valence electrons. The van der Waals surface area contributed by atoms with Crippen LogP contribution in [-0.2, 0) is 4.74 Å². The highest BCUT2D eigenvalue weighted by Gasteiger charge is 2.31. The molecule has 0 aliphatic heterocycles. The van der Waals surface area contributed by atoms with Crippen LogP contribution in [0.25, 0.3) is 0 Å². The molecule has 0 aliphatic carbocycles. The number of aliphatic hydroxyl groups excluding tert-OH is 2. The van der Waals surface area contributed by atoms with Crippen molar-refractivity contribution in [3.8, 4) is 0 Å². The second-order valence-corrected chi connectivity index (χ2v) is 4.13. The molecule has 2 unspecified atom stereocenters. The van der Waals surface area contributed by atoms with Gasteiger partial charge in [-0.05, 0) is 13.3 Å². The van der Waals surface area contributed by atoms with Crippen molar-refractivity contribution in [3.63, 3.8) is 0 Å². The predicted molar refractivity (Wildman–Crippen MR) is 48.4 cm³/mol. The maximum Gasteiger partial charge on any atom is 0.411 e. The lowest BCUT2D eigenvalue weighted by Gasteiger charge is -2.28. The van der Waals surface area contributed by atoms with Crippen LogP contribution in [0.4, 0.5) is 13.2 Å². The highest BCUT2D eigenvalue weighted by Crippen LogP contribution is 2.24. The zero-order valence-electron chi connectivity index (χ0n) is 8.84. The van der Waals surface area contributed by atoms with Crippen LogP contribution >= 0.6 is 0 Å². The van der Waals surface area contributed by atoms with Gasteiger partial charge >= 0.3 is 6.18 Å². The molecule has 15 heavy (non-hydrogen) atoms. The van der Waals surface area contributed by atoms with Crippen molar-refractivity contribution >= 4 is 0 Å². The Morgan fingerprint density at radius 3 is 2.13 bits per heavy atom. The average Bonchev–Trinajstić information content (AvgIpc) is 2.00. The molecule has 0 saturated carbocycles. The van der Waals surface area contributed by atoms with Crippen LogP contribution < -0.4 is 0 Å². The van der Waals surface area contributed by atoms with Gasteiger partial charge in [0, 0.05) is 5.41 Å². The Morgan fingerprint density at radius 2 is 1.80 bits per heavy atom. The summed E-state index contributed by atoms with van der Waals surface area (Å²) in [4.78, 5) is 0. The Bertz CT molecular complexity index is 182. The van der Waals surface area contributed by atoms with E-state index in [4.69, 9.17) is 10.2 Å². The van der Waals surface area contributed by atoms with Gasteiger partial charge in [0.2, 0.25) is 0 Å². The summed E-state index contributed by atoms with van der Waals surface area (Å²) in [6.45, 7) is 1.19. The molecule has 0 aromatic rings. The summed E-state index contributed by atoms with van der Waals surface area (Å²) < 4.78 is 39.7. The van der Waals surface area contributed by atoms with Crippen molar-refractivity contribution in [1.29, 1.82) is 0 Å². The van der Waals surface area contributed by atoms with Gasteiger partial charge in [0.1, 0.15) is 6.61 Å². The topological polar surface area (TPSA) is 49.7 Å². The molecule has 0 bridgehead atoms.